The molecule has 1 aromatic heterocycles. The Hall–Kier alpha value is -3.90. The Morgan fingerprint density at radius 1 is 0.848 bits per heavy atom. The smallest absolute Gasteiger partial charge is 0.412 e. The van der Waals surface area contributed by atoms with Gasteiger partial charge in [-0.1, -0.05) is 78.9 Å². The molecule has 6 heteroatoms. The standard InChI is InChI=1S/C27H21NO4S/c1-31-26(29)24-23(17-9-3-2-4-10-17)16-33-25(24)28-27(30)32-15-22-20-13-7-5-11-18(20)19-12-6-8-14-21(19)22/h2-14,16,22H,15H2,1H3,(H,28,30). The predicted octanol–water partition coefficient (Wildman–Crippen LogP) is 6.56. The van der Waals surface area contributed by atoms with Crippen LogP contribution in [0.25, 0.3) is 22.3 Å². The van der Waals surface area contributed by atoms with Gasteiger partial charge in [-0.2, -0.15) is 0 Å². The molecule has 1 aliphatic carbocycles. The van der Waals surface area contributed by atoms with Crippen LogP contribution in [0.4, 0.5) is 9.80 Å². The molecule has 5 nitrogen and oxygen atoms in total. The molecule has 1 heterocycles. The third-order valence-corrected chi connectivity index (χ3v) is 6.72. The lowest BCUT2D eigenvalue weighted by Crippen LogP contribution is -2.18. The highest BCUT2D eigenvalue weighted by atomic mass is 32.1. The van der Waals surface area contributed by atoms with Crippen LogP contribution < -0.4 is 5.32 Å². The fourth-order valence-corrected chi connectivity index (χ4v) is 5.26. The molecular formula is C27H21NO4S. The first-order chi connectivity index (χ1) is 16.2. The van der Waals surface area contributed by atoms with Gasteiger partial charge in [0, 0.05) is 16.9 Å². The van der Waals surface area contributed by atoms with E-state index >= 15 is 0 Å². The number of thiophene rings is 1. The molecule has 0 spiro atoms. The van der Waals surface area contributed by atoms with Crippen molar-refractivity contribution in [1.82, 2.24) is 0 Å². The molecule has 0 aliphatic heterocycles. The van der Waals surface area contributed by atoms with Crippen LogP contribution >= 0.6 is 11.3 Å². The Balaban J connectivity index is 1.36. The first-order valence-electron chi connectivity index (χ1n) is 10.5. The van der Waals surface area contributed by atoms with E-state index in [1.165, 1.54) is 29.6 Å². The molecule has 0 saturated carbocycles. The highest BCUT2D eigenvalue weighted by molar-refractivity contribution is 7.15. The molecule has 0 atom stereocenters. The maximum Gasteiger partial charge on any atom is 0.412 e. The number of hydrogen-bond acceptors (Lipinski definition) is 5. The number of anilines is 1. The van der Waals surface area contributed by atoms with Gasteiger partial charge in [0.25, 0.3) is 0 Å². The topological polar surface area (TPSA) is 64.6 Å². The van der Waals surface area contributed by atoms with E-state index in [9.17, 15) is 9.59 Å². The molecule has 0 radical (unpaired) electrons. The number of methoxy groups -OCH3 is 1. The maximum atomic E-state index is 12.7. The van der Waals surface area contributed by atoms with Crippen molar-refractivity contribution in [3.8, 4) is 22.3 Å². The van der Waals surface area contributed by atoms with Gasteiger partial charge in [-0.05, 0) is 27.8 Å². The average molecular weight is 456 g/mol. The molecule has 0 unspecified atom stereocenters. The second kappa shape index (κ2) is 8.92. The van der Waals surface area contributed by atoms with E-state index in [-0.39, 0.29) is 12.5 Å². The first kappa shape index (κ1) is 21.0. The minimum atomic E-state index is -0.608. The van der Waals surface area contributed by atoms with Crippen molar-refractivity contribution in [1.29, 1.82) is 0 Å². The fourth-order valence-electron chi connectivity index (χ4n) is 4.31. The van der Waals surface area contributed by atoms with Gasteiger partial charge in [-0.25, -0.2) is 9.59 Å². The molecule has 1 aliphatic rings. The minimum absolute atomic E-state index is 0.0357. The van der Waals surface area contributed by atoms with E-state index in [4.69, 9.17) is 9.47 Å². The second-order valence-electron chi connectivity index (χ2n) is 7.66. The lowest BCUT2D eigenvalue weighted by molar-refractivity contribution is 0.0603. The number of benzene rings is 3. The summed E-state index contributed by atoms with van der Waals surface area (Å²) in [5.41, 5.74) is 6.52. The quantitative estimate of drug-likeness (QED) is 0.346. The number of fused-ring (bicyclic) bond motifs is 3. The Bertz CT molecular complexity index is 1280. The SMILES string of the molecule is COC(=O)c1c(-c2ccccc2)csc1NC(=O)OCC1c2ccccc2-c2ccccc21. The van der Waals surface area contributed by atoms with Gasteiger partial charge in [0.1, 0.15) is 17.2 Å². The van der Waals surface area contributed by atoms with Crippen LogP contribution in [0.2, 0.25) is 0 Å². The number of rotatable bonds is 5. The number of carbonyl (C=O) groups is 2. The molecule has 1 amide bonds. The summed E-state index contributed by atoms with van der Waals surface area (Å²) in [7, 11) is 1.33. The van der Waals surface area contributed by atoms with Crippen LogP contribution in [0.1, 0.15) is 27.4 Å². The van der Waals surface area contributed by atoms with Crippen molar-refractivity contribution in [2.45, 2.75) is 5.92 Å². The second-order valence-corrected chi connectivity index (χ2v) is 8.54. The summed E-state index contributed by atoms with van der Waals surface area (Å²) in [6, 6.07) is 25.9. The number of hydrogen-bond donors (Lipinski definition) is 1. The molecule has 0 saturated heterocycles. The number of amides is 1. The number of nitrogens with one attached hydrogen (secondary N) is 1. The van der Waals surface area contributed by atoms with Crippen LogP contribution in [0, 0.1) is 0 Å². The summed E-state index contributed by atoms with van der Waals surface area (Å²) >= 11 is 1.27. The molecule has 5 rings (SSSR count). The van der Waals surface area contributed by atoms with Gasteiger partial charge in [-0.3, -0.25) is 5.32 Å². The largest absolute Gasteiger partial charge is 0.465 e. The predicted molar refractivity (Wildman–Crippen MR) is 130 cm³/mol. The van der Waals surface area contributed by atoms with Crippen LogP contribution in [-0.4, -0.2) is 25.8 Å². The molecule has 0 bridgehead atoms. The van der Waals surface area contributed by atoms with Gasteiger partial charge in [0.15, 0.2) is 0 Å². The summed E-state index contributed by atoms with van der Waals surface area (Å²) in [5.74, 6) is -0.546. The van der Waals surface area contributed by atoms with Crippen molar-refractivity contribution >= 4 is 28.4 Å². The average Bonchev–Trinajstić information content (AvgIpc) is 3.42. The number of esters is 1. The lowest BCUT2D eigenvalue weighted by atomic mass is 9.98. The van der Waals surface area contributed by atoms with Gasteiger partial charge in [0.05, 0.1) is 7.11 Å². The Morgan fingerprint density at radius 3 is 2.09 bits per heavy atom. The van der Waals surface area contributed by atoms with E-state index in [2.05, 4.69) is 29.6 Å². The van der Waals surface area contributed by atoms with Crippen molar-refractivity contribution in [3.63, 3.8) is 0 Å². The molecule has 164 valence electrons. The monoisotopic (exact) mass is 455 g/mol. The van der Waals surface area contributed by atoms with Crippen LogP contribution in [-0.2, 0) is 9.47 Å². The van der Waals surface area contributed by atoms with E-state index in [0.717, 1.165) is 16.7 Å². The van der Waals surface area contributed by atoms with Crippen molar-refractivity contribution < 1.29 is 19.1 Å². The van der Waals surface area contributed by atoms with Gasteiger partial charge in [-0.15, -0.1) is 11.3 Å². The van der Waals surface area contributed by atoms with Crippen LogP contribution in [0.5, 0.6) is 0 Å². The summed E-state index contributed by atoms with van der Waals surface area (Å²) < 4.78 is 10.6. The Morgan fingerprint density at radius 2 is 1.45 bits per heavy atom. The number of carbonyl (C=O) groups excluding carboxylic acids is 2. The fraction of sp³-hybridized carbons (Fsp3) is 0.111. The highest BCUT2D eigenvalue weighted by Crippen LogP contribution is 2.44. The zero-order valence-electron chi connectivity index (χ0n) is 17.9. The van der Waals surface area contributed by atoms with Gasteiger partial charge in [0.2, 0.25) is 0 Å². The third kappa shape index (κ3) is 3.90. The lowest BCUT2D eigenvalue weighted by Gasteiger charge is -2.14. The van der Waals surface area contributed by atoms with Crippen molar-refractivity contribution in [3.05, 3.63) is 101 Å². The van der Waals surface area contributed by atoms with Gasteiger partial charge >= 0.3 is 12.1 Å². The van der Waals surface area contributed by atoms with Crippen molar-refractivity contribution in [2.75, 3.05) is 19.0 Å². The molecule has 0 fully saturated rings. The zero-order chi connectivity index (χ0) is 22.8. The van der Waals surface area contributed by atoms with Crippen LogP contribution in [0.3, 0.4) is 0 Å². The summed E-state index contributed by atoms with van der Waals surface area (Å²) in [6.45, 7) is 0.199. The zero-order valence-corrected chi connectivity index (χ0v) is 18.7. The summed E-state index contributed by atoms with van der Waals surface area (Å²) in [5, 5.41) is 4.98. The van der Waals surface area contributed by atoms with E-state index in [0.29, 0.717) is 16.1 Å². The van der Waals surface area contributed by atoms with Gasteiger partial charge < -0.3 is 9.47 Å². The first-order valence-corrected chi connectivity index (χ1v) is 11.4. The van der Waals surface area contributed by atoms with E-state index < -0.39 is 12.1 Å². The van der Waals surface area contributed by atoms with Crippen LogP contribution in [0.15, 0.2) is 84.2 Å². The Kier molecular flexibility index (Phi) is 5.67. The molecule has 3 aromatic carbocycles. The van der Waals surface area contributed by atoms with E-state index in [1.807, 2.05) is 60.0 Å². The highest BCUT2D eigenvalue weighted by Gasteiger charge is 2.29. The third-order valence-electron chi connectivity index (χ3n) is 5.82. The molecular weight excluding hydrogens is 434 g/mol. The van der Waals surface area contributed by atoms with Crippen molar-refractivity contribution in [2.24, 2.45) is 0 Å². The molecule has 4 aromatic rings. The van der Waals surface area contributed by atoms with E-state index in [1.54, 1.807) is 0 Å². The maximum absolute atomic E-state index is 12.7. The summed E-state index contributed by atoms with van der Waals surface area (Å²) in [6.07, 6.45) is -0.608. The number of ether oxygens (including phenoxy) is 2. The minimum Gasteiger partial charge on any atom is -0.465 e. The summed E-state index contributed by atoms with van der Waals surface area (Å²) in [4.78, 5) is 25.2. The molecule has 33 heavy (non-hydrogen) atoms. The molecule has 1 N–H and O–H groups in total. The Labute approximate surface area is 195 Å². The normalized spacial score (nSPS) is 12.0.